The molecule has 0 saturated carbocycles. The van der Waals surface area contributed by atoms with Crippen molar-refractivity contribution in [1.82, 2.24) is 10.0 Å². The molecule has 1 unspecified atom stereocenters. The summed E-state index contributed by atoms with van der Waals surface area (Å²) >= 11 is 3.40. The molecule has 0 aliphatic heterocycles. The summed E-state index contributed by atoms with van der Waals surface area (Å²) in [6.07, 6.45) is 2.93. The largest absolute Gasteiger partial charge is 0.316 e. The van der Waals surface area contributed by atoms with Gasteiger partial charge in [0, 0.05) is 17.1 Å². The summed E-state index contributed by atoms with van der Waals surface area (Å²) in [6, 6.07) is 3.65. The predicted octanol–water partition coefficient (Wildman–Crippen LogP) is 3.33. The highest BCUT2D eigenvalue weighted by atomic mass is 79.9. The number of halogens is 1. The third kappa shape index (κ3) is 5.36. The van der Waals surface area contributed by atoms with Crippen molar-refractivity contribution in [1.29, 1.82) is 0 Å². The van der Waals surface area contributed by atoms with E-state index in [1.807, 2.05) is 27.0 Å². The van der Waals surface area contributed by atoms with Crippen LogP contribution in [0.25, 0.3) is 0 Å². The van der Waals surface area contributed by atoms with Crippen molar-refractivity contribution in [3.63, 3.8) is 0 Å². The Hall–Kier alpha value is -0.430. The first-order valence-electron chi connectivity index (χ1n) is 7.27. The van der Waals surface area contributed by atoms with Crippen LogP contribution in [0.2, 0.25) is 0 Å². The molecule has 0 aliphatic carbocycles. The van der Waals surface area contributed by atoms with E-state index in [-0.39, 0.29) is 6.04 Å². The maximum absolute atomic E-state index is 12.6. The summed E-state index contributed by atoms with van der Waals surface area (Å²) in [6.45, 7) is 6.55. The van der Waals surface area contributed by atoms with Gasteiger partial charge in [-0.1, -0.05) is 25.8 Å². The Morgan fingerprint density at radius 2 is 2.00 bits per heavy atom. The van der Waals surface area contributed by atoms with Crippen LogP contribution in [0, 0.1) is 6.92 Å². The van der Waals surface area contributed by atoms with E-state index in [1.165, 1.54) is 0 Å². The van der Waals surface area contributed by atoms with E-state index in [9.17, 15) is 8.42 Å². The lowest BCUT2D eigenvalue weighted by Crippen LogP contribution is -2.33. The van der Waals surface area contributed by atoms with E-state index in [2.05, 4.69) is 32.9 Å². The Morgan fingerprint density at radius 1 is 1.33 bits per heavy atom. The van der Waals surface area contributed by atoms with E-state index in [4.69, 9.17) is 0 Å². The van der Waals surface area contributed by atoms with Gasteiger partial charge in [0.05, 0.1) is 4.90 Å². The Kier molecular flexibility index (Phi) is 7.33. The molecule has 4 nitrogen and oxygen atoms in total. The van der Waals surface area contributed by atoms with Gasteiger partial charge in [-0.2, -0.15) is 0 Å². The lowest BCUT2D eigenvalue weighted by atomic mass is 10.1. The molecule has 1 aromatic carbocycles. The maximum atomic E-state index is 12.6. The van der Waals surface area contributed by atoms with Crippen LogP contribution < -0.4 is 10.0 Å². The third-order valence-electron chi connectivity index (χ3n) is 3.30. The molecule has 0 heterocycles. The fourth-order valence-electron chi connectivity index (χ4n) is 2.21. The van der Waals surface area contributed by atoms with Crippen LogP contribution in [0.15, 0.2) is 21.5 Å². The minimum Gasteiger partial charge on any atom is -0.316 e. The molecule has 6 heteroatoms. The zero-order chi connectivity index (χ0) is 16.0. The van der Waals surface area contributed by atoms with Crippen molar-refractivity contribution >= 4 is 26.0 Å². The number of hydrogen-bond acceptors (Lipinski definition) is 3. The van der Waals surface area contributed by atoms with Crippen LogP contribution in [0.1, 0.15) is 44.2 Å². The first-order chi connectivity index (χ1) is 9.81. The van der Waals surface area contributed by atoms with Crippen molar-refractivity contribution in [2.24, 2.45) is 0 Å². The van der Waals surface area contributed by atoms with E-state index < -0.39 is 10.0 Å². The number of hydrogen-bond donors (Lipinski definition) is 2. The Bertz CT molecular complexity index is 573. The maximum Gasteiger partial charge on any atom is 0.241 e. The highest BCUT2D eigenvalue weighted by molar-refractivity contribution is 9.10. The molecule has 1 atom stereocenters. The van der Waals surface area contributed by atoms with Gasteiger partial charge in [0.2, 0.25) is 10.0 Å². The molecule has 21 heavy (non-hydrogen) atoms. The summed E-state index contributed by atoms with van der Waals surface area (Å²) in [5, 5.41) is 3.05. The van der Waals surface area contributed by atoms with Crippen molar-refractivity contribution in [3.05, 3.63) is 27.7 Å². The number of nitrogens with one attached hydrogen (secondary N) is 2. The van der Waals surface area contributed by atoms with Crippen LogP contribution >= 0.6 is 15.9 Å². The monoisotopic (exact) mass is 376 g/mol. The van der Waals surface area contributed by atoms with E-state index in [1.54, 1.807) is 6.07 Å². The Balaban J connectivity index is 3.06. The average molecular weight is 377 g/mol. The van der Waals surface area contributed by atoms with Crippen molar-refractivity contribution in [2.75, 3.05) is 7.05 Å². The zero-order valence-electron chi connectivity index (χ0n) is 13.2. The normalized spacial score (nSPS) is 13.4. The van der Waals surface area contributed by atoms with E-state index in [0.29, 0.717) is 15.9 Å². The SMILES string of the molecule is CCCCC(C)NS(=O)(=O)c1cc(CNC)cc(C)c1Br. The fourth-order valence-corrected chi connectivity index (χ4v) is 4.55. The zero-order valence-corrected chi connectivity index (χ0v) is 15.6. The standard InChI is InChI=1S/C15H25BrN2O2S/c1-5-6-7-12(3)18-21(19,20)14-9-13(10-17-4)8-11(2)15(14)16/h8-9,12,17-18H,5-7,10H2,1-4H3. The van der Waals surface area contributed by atoms with Crippen molar-refractivity contribution < 1.29 is 8.42 Å². The molecule has 0 aliphatic rings. The molecule has 0 fully saturated rings. The van der Waals surface area contributed by atoms with Gasteiger partial charge >= 0.3 is 0 Å². The molecule has 120 valence electrons. The molecule has 1 rings (SSSR count). The van der Waals surface area contributed by atoms with Crippen LogP contribution in [-0.2, 0) is 16.6 Å². The highest BCUT2D eigenvalue weighted by Crippen LogP contribution is 2.27. The Labute approximate surface area is 136 Å². The fraction of sp³-hybridized carbons (Fsp3) is 0.600. The molecule has 2 N–H and O–H groups in total. The summed E-state index contributed by atoms with van der Waals surface area (Å²) < 4.78 is 28.6. The second kappa shape index (κ2) is 8.27. The third-order valence-corrected chi connectivity index (χ3v) is 6.23. The Morgan fingerprint density at radius 3 is 2.57 bits per heavy atom. The van der Waals surface area contributed by atoms with Gasteiger partial charge in [-0.25, -0.2) is 13.1 Å². The summed E-state index contributed by atoms with van der Waals surface area (Å²) in [4.78, 5) is 0.316. The van der Waals surface area contributed by atoms with Gasteiger partial charge < -0.3 is 5.32 Å². The van der Waals surface area contributed by atoms with E-state index >= 15 is 0 Å². The van der Waals surface area contributed by atoms with Crippen LogP contribution in [0.5, 0.6) is 0 Å². The molecule has 0 aromatic heterocycles. The predicted molar refractivity (Wildman–Crippen MR) is 91.0 cm³/mol. The highest BCUT2D eigenvalue weighted by Gasteiger charge is 2.21. The summed E-state index contributed by atoms with van der Waals surface area (Å²) in [5.41, 5.74) is 1.88. The van der Waals surface area contributed by atoms with Crippen molar-refractivity contribution in [3.8, 4) is 0 Å². The van der Waals surface area contributed by atoms with Gasteiger partial charge in [-0.3, -0.25) is 0 Å². The number of rotatable bonds is 8. The smallest absolute Gasteiger partial charge is 0.241 e. The molecule has 0 spiro atoms. The molecule has 0 bridgehead atoms. The van der Waals surface area contributed by atoms with Gasteiger partial charge in [-0.05, 0) is 60.4 Å². The second-order valence-corrected chi connectivity index (χ2v) is 7.90. The number of unbranched alkanes of at least 4 members (excludes halogenated alkanes) is 1. The quantitative estimate of drug-likeness (QED) is 0.731. The topological polar surface area (TPSA) is 58.2 Å². The first kappa shape index (κ1) is 18.6. The minimum absolute atomic E-state index is 0.0601. The van der Waals surface area contributed by atoms with E-state index in [0.717, 1.165) is 30.4 Å². The lowest BCUT2D eigenvalue weighted by molar-refractivity contribution is 0.533. The van der Waals surface area contributed by atoms with Crippen LogP contribution in [0.3, 0.4) is 0 Å². The molecular weight excluding hydrogens is 352 g/mol. The summed E-state index contributed by atoms with van der Waals surface area (Å²) in [5.74, 6) is 0. The van der Waals surface area contributed by atoms with Crippen molar-refractivity contribution in [2.45, 2.75) is 57.5 Å². The number of benzene rings is 1. The van der Waals surface area contributed by atoms with Gasteiger partial charge in [0.15, 0.2) is 0 Å². The molecule has 0 amide bonds. The van der Waals surface area contributed by atoms with Crippen LogP contribution in [-0.4, -0.2) is 21.5 Å². The molecule has 0 radical (unpaired) electrons. The van der Waals surface area contributed by atoms with Gasteiger partial charge in [-0.15, -0.1) is 0 Å². The number of aryl methyl sites for hydroxylation is 1. The average Bonchev–Trinajstić information content (AvgIpc) is 2.40. The minimum atomic E-state index is -3.51. The lowest BCUT2D eigenvalue weighted by Gasteiger charge is -2.16. The second-order valence-electron chi connectivity index (χ2n) is 5.42. The molecule has 1 aromatic rings. The first-order valence-corrected chi connectivity index (χ1v) is 9.55. The van der Waals surface area contributed by atoms with Gasteiger partial charge in [0.25, 0.3) is 0 Å². The molecule has 0 saturated heterocycles. The summed E-state index contributed by atoms with van der Waals surface area (Å²) in [7, 11) is -1.66. The number of sulfonamides is 1. The van der Waals surface area contributed by atoms with Crippen LogP contribution in [0.4, 0.5) is 0 Å². The van der Waals surface area contributed by atoms with Gasteiger partial charge in [0.1, 0.15) is 0 Å². The molecular formula is C15H25BrN2O2S.